The molecule has 0 aliphatic rings. The highest BCUT2D eigenvalue weighted by molar-refractivity contribution is 5.85. The predicted octanol–water partition coefficient (Wildman–Crippen LogP) is 4.87. The Morgan fingerprint density at radius 3 is 2.79 bits per heavy atom. The van der Waals surface area contributed by atoms with Gasteiger partial charge in [0.15, 0.2) is 11.3 Å². The minimum absolute atomic E-state index is 0.0781. The lowest BCUT2D eigenvalue weighted by Gasteiger charge is -2.11. The molecule has 0 bridgehead atoms. The molecule has 0 atom stereocenters. The minimum atomic E-state index is -4.58. The molecule has 0 unspecified atom stereocenters. The topological polar surface area (TPSA) is 77.5 Å². The molecule has 156 valence electrons. The van der Waals surface area contributed by atoms with E-state index in [1.807, 2.05) is 6.92 Å². The molecule has 3 rings (SSSR count). The summed E-state index contributed by atoms with van der Waals surface area (Å²) in [5, 5.41) is 5.86. The van der Waals surface area contributed by atoms with Crippen LogP contribution in [0.4, 0.5) is 13.2 Å². The van der Waals surface area contributed by atoms with Crippen molar-refractivity contribution in [1.82, 2.24) is 10.5 Å². The molecule has 1 N–H and O–H groups in total. The zero-order valence-corrected chi connectivity index (χ0v) is 15.8. The lowest BCUT2D eigenvalue weighted by molar-refractivity contribution is -0.141. The Bertz CT molecular complexity index is 949. The first-order valence-corrected chi connectivity index (χ1v) is 9.30. The van der Waals surface area contributed by atoms with Gasteiger partial charge >= 0.3 is 6.18 Å². The van der Waals surface area contributed by atoms with Crippen LogP contribution >= 0.6 is 0 Å². The second-order valence-corrected chi connectivity index (χ2v) is 6.51. The number of rotatable bonds is 9. The zero-order chi connectivity index (χ0) is 20.9. The lowest BCUT2D eigenvalue weighted by Crippen LogP contribution is -2.22. The highest BCUT2D eigenvalue weighted by Gasteiger charge is 2.37. The van der Waals surface area contributed by atoms with E-state index < -0.39 is 11.9 Å². The van der Waals surface area contributed by atoms with E-state index in [0.717, 1.165) is 0 Å². The van der Waals surface area contributed by atoms with Gasteiger partial charge in [-0.2, -0.15) is 13.2 Å². The van der Waals surface area contributed by atoms with Crippen LogP contribution in [0.2, 0.25) is 0 Å². The van der Waals surface area contributed by atoms with E-state index in [1.165, 1.54) is 18.4 Å². The Hall–Kier alpha value is -2.97. The van der Waals surface area contributed by atoms with Crippen LogP contribution in [0.1, 0.15) is 43.2 Å². The third-order valence-corrected chi connectivity index (χ3v) is 4.31. The first-order valence-electron chi connectivity index (χ1n) is 9.30. The number of nitrogens with zero attached hydrogens (tertiary/aromatic N) is 1. The van der Waals surface area contributed by atoms with Gasteiger partial charge in [0.25, 0.3) is 0 Å². The third-order valence-electron chi connectivity index (χ3n) is 4.31. The van der Waals surface area contributed by atoms with E-state index in [-0.39, 0.29) is 29.9 Å². The Labute approximate surface area is 165 Å². The number of furan rings is 1. The quantitative estimate of drug-likeness (QED) is 0.510. The second-order valence-electron chi connectivity index (χ2n) is 6.51. The standard InChI is InChI=1S/C20H21F3N2O4/c1-2-5-14-16(9-8-15-18(14)29-25-19(15)20(21,22)23)28-11-4-7-17(26)24-12-13-6-3-10-27-13/h3,6,8-10H,2,4-5,7,11-12H2,1H3,(H,24,26). The summed E-state index contributed by atoms with van der Waals surface area (Å²) in [7, 11) is 0. The Kier molecular flexibility index (Phi) is 6.46. The predicted molar refractivity (Wildman–Crippen MR) is 98.3 cm³/mol. The molecule has 0 saturated heterocycles. The number of benzene rings is 1. The van der Waals surface area contributed by atoms with E-state index in [0.29, 0.717) is 42.9 Å². The Balaban J connectivity index is 1.59. The number of alkyl halides is 3. The molecule has 29 heavy (non-hydrogen) atoms. The van der Waals surface area contributed by atoms with Crippen molar-refractivity contribution < 1.29 is 31.6 Å². The molecule has 1 aromatic carbocycles. The molecule has 0 radical (unpaired) electrons. The van der Waals surface area contributed by atoms with Gasteiger partial charge in [0.1, 0.15) is 11.5 Å². The SMILES string of the molecule is CCCc1c(OCCCC(=O)NCc2ccco2)ccc2c(C(F)(F)F)noc12. The van der Waals surface area contributed by atoms with Crippen molar-refractivity contribution in [2.75, 3.05) is 6.61 Å². The third kappa shape index (κ3) is 5.10. The Morgan fingerprint density at radius 2 is 2.10 bits per heavy atom. The number of fused-ring (bicyclic) bond motifs is 1. The summed E-state index contributed by atoms with van der Waals surface area (Å²) in [5.74, 6) is 0.969. The van der Waals surface area contributed by atoms with Gasteiger partial charge in [-0.1, -0.05) is 18.5 Å². The van der Waals surface area contributed by atoms with Gasteiger partial charge in [0.2, 0.25) is 5.91 Å². The fraction of sp³-hybridized carbons (Fsp3) is 0.400. The molecule has 0 fully saturated rings. The summed E-state index contributed by atoms with van der Waals surface area (Å²) in [4.78, 5) is 11.9. The van der Waals surface area contributed by atoms with Crippen molar-refractivity contribution in [2.45, 2.75) is 45.3 Å². The average Bonchev–Trinajstić information content (AvgIpc) is 3.34. The molecule has 0 spiro atoms. The number of amides is 1. The van der Waals surface area contributed by atoms with Crippen molar-refractivity contribution in [3.63, 3.8) is 0 Å². The van der Waals surface area contributed by atoms with Crippen LogP contribution in [-0.4, -0.2) is 17.7 Å². The zero-order valence-electron chi connectivity index (χ0n) is 15.8. The summed E-state index contributed by atoms with van der Waals surface area (Å²) in [6.07, 6.45) is -1.15. The van der Waals surface area contributed by atoms with Crippen molar-refractivity contribution in [3.05, 3.63) is 47.5 Å². The number of ether oxygens (including phenoxy) is 1. The highest BCUT2D eigenvalue weighted by Crippen LogP contribution is 2.38. The van der Waals surface area contributed by atoms with Gasteiger partial charge in [0.05, 0.1) is 24.8 Å². The molecule has 0 aliphatic heterocycles. The first-order chi connectivity index (χ1) is 13.9. The van der Waals surface area contributed by atoms with Crippen molar-refractivity contribution in [3.8, 4) is 5.75 Å². The average molecular weight is 410 g/mol. The van der Waals surface area contributed by atoms with E-state index in [4.69, 9.17) is 13.7 Å². The highest BCUT2D eigenvalue weighted by atomic mass is 19.4. The van der Waals surface area contributed by atoms with Gasteiger partial charge in [-0.05, 0) is 37.1 Å². The van der Waals surface area contributed by atoms with E-state index in [1.54, 1.807) is 12.1 Å². The maximum Gasteiger partial charge on any atom is 0.437 e. The van der Waals surface area contributed by atoms with Crippen molar-refractivity contribution >= 4 is 16.9 Å². The van der Waals surface area contributed by atoms with E-state index >= 15 is 0 Å². The second kappa shape index (κ2) is 9.02. The lowest BCUT2D eigenvalue weighted by atomic mass is 10.0. The summed E-state index contributed by atoms with van der Waals surface area (Å²) >= 11 is 0. The normalized spacial score (nSPS) is 11.7. The van der Waals surface area contributed by atoms with Crippen LogP contribution in [-0.2, 0) is 23.9 Å². The fourth-order valence-electron chi connectivity index (χ4n) is 2.97. The molecule has 2 aromatic heterocycles. The molecule has 6 nitrogen and oxygen atoms in total. The van der Waals surface area contributed by atoms with Crippen LogP contribution in [0.15, 0.2) is 39.5 Å². The van der Waals surface area contributed by atoms with Gasteiger partial charge in [0, 0.05) is 12.0 Å². The maximum atomic E-state index is 13.0. The minimum Gasteiger partial charge on any atom is -0.493 e. The van der Waals surface area contributed by atoms with Crippen LogP contribution in [0.5, 0.6) is 5.75 Å². The monoisotopic (exact) mass is 410 g/mol. The van der Waals surface area contributed by atoms with E-state index in [9.17, 15) is 18.0 Å². The van der Waals surface area contributed by atoms with Crippen LogP contribution < -0.4 is 10.1 Å². The summed E-state index contributed by atoms with van der Waals surface area (Å²) in [6.45, 7) is 2.47. The molecule has 3 aromatic rings. The fourth-order valence-corrected chi connectivity index (χ4v) is 2.97. The van der Waals surface area contributed by atoms with Gasteiger partial charge in [-0.25, -0.2) is 0 Å². The molecule has 0 saturated carbocycles. The van der Waals surface area contributed by atoms with Gasteiger partial charge in [-0.15, -0.1) is 0 Å². The van der Waals surface area contributed by atoms with Gasteiger partial charge in [-0.3, -0.25) is 4.79 Å². The summed E-state index contributed by atoms with van der Waals surface area (Å²) < 4.78 is 55.0. The molecular formula is C20H21F3N2O4. The number of hydrogen-bond acceptors (Lipinski definition) is 5. The van der Waals surface area contributed by atoms with Crippen molar-refractivity contribution in [2.24, 2.45) is 0 Å². The summed E-state index contributed by atoms with van der Waals surface area (Å²) in [5.41, 5.74) is -0.396. The van der Waals surface area contributed by atoms with E-state index in [2.05, 4.69) is 10.5 Å². The smallest absolute Gasteiger partial charge is 0.437 e. The largest absolute Gasteiger partial charge is 0.493 e. The number of halogens is 3. The number of carbonyl (C=O) groups is 1. The molecule has 9 heteroatoms. The van der Waals surface area contributed by atoms with Crippen LogP contribution in [0.3, 0.4) is 0 Å². The van der Waals surface area contributed by atoms with Crippen LogP contribution in [0.25, 0.3) is 11.0 Å². The maximum absolute atomic E-state index is 13.0. The number of carbonyl (C=O) groups excluding carboxylic acids is 1. The van der Waals surface area contributed by atoms with Crippen molar-refractivity contribution in [1.29, 1.82) is 0 Å². The van der Waals surface area contributed by atoms with Gasteiger partial charge < -0.3 is 19.0 Å². The first kappa shape index (κ1) is 20.8. The summed E-state index contributed by atoms with van der Waals surface area (Å²) in [6, 6.07) is 6.31. The molecular weight excluding hydrogens is 389 g/mol. The molecule has 2 heterocycles. The number of aryl methyl sites for hydroxylation is 1. The number of aromatic nitrogens is 1. The number of hydrogen-bond donors (Lipinski definition) is 1. The molecule has 1 amide bonds. The molecule has 0 aliphatic carbocycles. The number of nitrogens with one attached hydrogen (secondary N) is 1. The Morgan fingerprint density at radius 1 is 1.28 bits per heavy atom. The van der Waals surface area contributed by atoms with Crippen LogP contribution in [0, 0.1) is 0 Å².